The molecule has 0 amide bonds. The van der Waals surface area contributed by atoms with Crippen LogP contribution in [-0.2, 0) is 0 Å². The van der Waals surface area contributed by atoms with Crippen molar-refractivity contribution in [2.24, 2.45) is 10.1 Å². The average Bonchev–Trinajstić information content (AvgIpc) is 3.28. The van der Waals surface area contributed by atoms with E-state index in [9.17, 15) is 5.11 Å². The Morgan fingerprint density at radius 1 is 1.40 bits per heavy atom. The molecule has 25 heavy (non-hydrogen) atoms. The van der Waals surface area contributed by atoms with Gasteiger partial charge in [-0.05, 0) is 30.3 Å². The van der Waals surface area contributed by atoms with Crippen LogP contribution in [0.5, 0.6) is 11.5 Å². The molecule has 2 aromatic heterocycles. The molecule has 1 aromatic carbocycles. The molecule has 0 bridgehead atoms. The minimum absolute atomic E-state index is 0.115. The Morgan fingerprint density at radius 2 is 2.28 bits per heavy atom. The maximum atomic E-state index is 10.0. The summed E-state index contributed by atoms with van der Waals surface area (Å²) in [7, 11) is 1.57. The lowest BCUT2D eigenvalue weighted by atomic mass is 10.2. The van der Waals surface area contributed by atoms with Gasteiger partial charge in [-0.3, -0.25) is 4.99 Å². The van der Waals surface area contributed by atoms with E-state index in [-0.39, 0.29) is 5.75 Å². The van der Waals surface area contributed by atoms with E-state index in [1.165, 1.54) is 11.3 Å². The van der Waals surface area contributed by atoms with Crippen molar-refractivity contribution in [3.05, 3.63) is 65.0 Å². The summed E-state index contributed by atoms with van der Waals surface area (Å²) in [6, 6.07) is 8.63. The Morgan fingerprint density at radius 3 is 3.00 bits per heavy atom. The molecular weight excluding hydrogens is 338 g/mol. The Hall–Kier alpha value is -3.06. The zero-order valence-corrected chi connectivity index (χ0v) is 14.4. The van der Waals surface area contributed by atoms with Crippen LogP contribution in [0.3, 0.4) is 0 Å². The van der Waals surface area contributed by atoms with Gasteiger partial charge in [0, 0.05) is 10.9 Å². The summed E-state index contributed by atoms with van der Waals surface area (Å²) in [5, 5.41) is 16.4. The highest BCUT2D eigenvalue weighted by Crippen LogP contribution is 2.23. The van der Waals surface area contributed by atoms with E-state index in [0.29, 0.717) is 28.4 Å². The number of hydrogen-bond acceptors (Lipinski definition) is 6. The average molecular weight is 355 g/mol. The van der Waals surface area contributed by atoms with Gasteiger partial charge in [-0.2, -0.15) is 5.10 Å². The molecule has 7 heteroatoms. The number of methoxy groups -OCH3 is 1. The Kier molecular flexibility index (Phi) is 5.15. The van der Waals surface area contributed by atoms with Crippen molar-refractivity contribution >= 4 is 17.6 Å². The Balaban J connectivity index is 2.06. The molecule has 3 aromatic rings. The topological polar surface area (TPSA) is 72.2 Å². The second kappa shape index (κ2) is 7.67. The second-order valence-corrected chi connectivity index (χ2v) is 5.83. The number of phenolic OH excluding ortho intramolecular Hbond substituents is 1. The van der Waals surface area contributed by atoms with E-state index in [1.807, 2.05) is 17.5 Å². The lowest BCUT2D eigenvalue weighted by molar-refractivity contribution is 0.412. The molecule has 128 valence electrons. The summed E-state index contributed by atoms with van der Waals surface area (Å²) in [6.45, 7) is 4.17. The first kappa shape index (κ1) is 16.8. The highest BCUT2D eigenvalue weighted by atomic mass is 32.1. The third-order valence-corrected chi connectivity index (χ3v) is 4.22. The molecule has 2 heterocycles. The molecule has 0 saturated heterocycles. The number of rotatable bonds is 6. The number of ether oxygens (including phenoxy) is 1. The van der Waals surface area contributed by atoms with Crippen LogP contribution in [0.1, 0.15) is 5.56 Å². The number of hydrogen-bond donors (Lipinski definition) is 1. The summed E-state index contributed by atoms with van der Waals surface area (Å²) in [5.74, 6) is 1.44. The van der Waals surface area contributed by atoms with Crippen LogP contribution in [0.25, 0.3) is 11.5 Å². The van der Waals surface area contributed by atoms with E-state index in [2.05, 4.69) is 16.7 Å². The summed E-state index contributed by atoms with van der Waals surface area (Å²) in [4.78, 5) is 5.14. The Bertz CT molecular complexity index is 952. The van der Waals surface area contributed by atoms with Gasteiger partial charge in [0.1, 0.15) is 17.2 Å². The highest BCUT2D eigenvalue weighted by molar-refractivity contribution is 7.07. The molecule has 0 unspecified atom stereocenters. The maximum absolute atomic E-state index is 10.0. The quantitative estimate of drug-likeness (QED) is 0.543. The van der Waals surface area contributed by atoms with Gasteiger partial charge < -0.3 is 14.3 Å². The van der Waals surface area contributed by atoms with Crippen LogP contribution in [-0.4, -0.2) is 29.7 Å². The van der Waals surface area contributed by atoms with Crippen LogP contribution in [0.2, 0.25) is 0 Å². The lowest BCUT2D eigenvalue weighted by Crippen LogP contribution is -2.12. The van der Waals surface area contributed by atoms with Crippen molar-refractivity contribution in [1.29, 1.82) is 0 Å². The summed E-state index contributed by atoms with van der Waals surface area (Å²) >= 11 is 1.45. The predicted molar refractivity (Wildman–Crippen MR) is 98.3 cm³/mol. The smallest absolute Gasteiger partial charge is 0.206 e. The highest BCUT2D eigenvalue weighted by Gasteiger charge is 2.10. The van der Waals surface area contributed by atoms with Crippen molar-refractivity contribution in [3.8, 4) is 23.0 Å². The number of phenols is 1. The molecule has 0 aliphatic carbocycles. The minimum Gasteiger partial charge on any atom is -0.507 e. The van der Waals surface area contributed by atoms with Gasteiger partial charge in [-0.1, -0.05) is 6.08 Å². The maximum Gasteiger partial charge on any atom is 0.206 e. The number of aromatic nitrogens is 1. The van der Waals surface area contributed by atoms with Gasteiger partial charge in [-0.25, -0.2) is 4.68 Å². The number of benzene rings is 1. The normalized spacial score (nSPS) is 12.0. The molecule has 0 fully saturated rings. The van der Waals surface area contributed by atoms with Crippen molar-refractivity contribution < 1.29 is 14.3 Å². The third-order valence-electron chi connectivity index (χ3n) is 3.36. The molecule has 6 nitrogen and oxygen atoms in total. The molecule has 0 spiro atoms. The van der Waals surface area contributed by atoms with E-state index in [1.54, 1.807) is 48.5 Å². The molecule has 0 aliphatic rings. The van der Waals surface area contributed by atoms with Crippen LogP contribution < -0.4 is 9.54 Å². The number of nitrogens with zero attached hydrogens (tertiary/aromatic N) is 3. The van der Waals surface area contributed by atoms with E-state index in [4.69, 9.17) is 9.15 Å². The monoisotopic (exact) mass is 355 g/mol. The fourth-order valence-corrected chi connectivity index (χ4v) is 2.97. The van der Waals surface area contributed by atoms with Crippen molar-refractivity contribution in [2.45, 2.75) is 0 Å². The molecule has 1 N–H and O–H groups in total. The van der Waals surface area contributed by atoms with Crippen molar-refractivity contribution in [1.82, 2.24) is 4.68 Å². The van der Waals surface area contributed by atoms with Gasteiger partial charge in [0.25, 0.3) is 0 Å². The number of furan rings is 1. The third kappa shape index (κ3) is 3.72. The minimum atomic E-state index is 0.115. The zero-order chi connectivity index (χ0) is 17.6. The molecule has 0 aliphatic heterocycles. The molecule has 0 atom stereocenters. The van der Waals surface area contributed by atoms with Gasteiger partial charge in [-0.15, -0.1) is 17.9 Å². The first-order valence-corrected chi connectivity index (χ1v) is 8.38. The van der Waals surface area contributed by atoms with Crippen molar-refractivity contribution in [2.75, 3.05) is 13.7 Å². The summed E-state index contributed by atoms with van der Waals surface area (Å²) in [5.41, 5.74) is 1.31. The van der Waals surface area contributed by atoms with Gasteiger partial charge in [0.2, 0.25) is 4.80 Å². The summed E-state index contributed by atoms with van der Waals surface area (Å²) < 4.78 is 12.3. The second-order valence-electron chi connectivity index (χ2n) is 4.99. The van der Waals surface area contributed by atoms with Gasteiger partial charge in [0.05, 0.1) is 26.1 Å². The summed E-state index contributed by atoms with van der Waals surface area (Å²) in [6.07, 6.45) is 4.88. The van der Waals surface area contributed by atoms with E-state index >= 15 is 0 Å². The van der Waals surface area contributed by atoms with Crippen LogP contribution >= 0.6 is 11.3 Å². The van der Waals surface area contributed by atoms with Crippen molar-refractivity contribution in [3.63, 3.8) is 0 Å². The number of aromatic hydroxyl groups is 1. The Labute approximate surface area is 148 Å². The lowest BCUT2D eigenvalue weighted by Gasteiger charge is -2.04. The first-order valence-electron chi connectivity index (χ1n) is 7.50. The van der Waals surface area contributed by atoms with Gasteiger partial charge in [0.15, 0.2) is 5.76 Å². The number of thiazole rings is 1. The SMILES string of the molecule is C=CCN=c1scc(-c2ccco2)n1/N=C/c1cc(OC)ccc1O. The molecular formula is C18H17N3O3S. The van der Waals surface area contributed by atoms with E-state index in [0.717, 1.165) is 5.69 Å². The van der Waals surface area contributed by atoms with Crippen LogP contribution in [0.4, 0.5) is 0 Å². The zero-order valence-electron chi connectivity index (χ0n) is 13.6. The van der Waals surface area contributed by atoms with Crippen LogP contribution in [0, 0.1) is 0 Å². The molecule has 0 saturated carbocycles. The largest absolute Gasteiger partial charge is 0.507 e. The predicted octanol–water partition coefficient (Wildman–Crippen LogP) is 3.49. The first-order chi connectivity index (χ1) is 12.2. The fraction of sp³-hybridized carbons (Fsp3) is 0.111. The molecule has 3 rings (SSSR count). The fourth-order valence-electron chi connectivity index (χ4n) is 2.14. The van der Waals surface area contributed by atoms with Crippen LogP contribution in [0.15, 0.2) is 69.1 Å². The van der Waals surface area contributed by atoms with E-state index < -0.39 is 0 Å². The standard InChI is InChI=1S/C18H17N3O3S/c1-3-8-19-18-21(15(12-25-18)17-5-4-9-24-17)20-11-13-10-14(23-2)6-7-16(13)22/h3-7,9-12,22H,1,8H2,2H3/b19-18?,20-11+. The molecule has 0 radical (unpaired) electrons. The van der Waals surface area contributed by atoms with Gasteiger partial charge >= 0.3 is 0 Å².